The van der Waals surface area contributed by atoms with E-state index in [-0.39, 0.29) is 23.3 Å². The van der Waals surface area contributed by atoms with Crippen LogP contribution in [0.1, 0.15) is 160 Å². The first-order valence-electron chi connectivity index (χ1n) is 39.2. The minimum absolute atomic E-state index is 0.111. The van der Waals surface area contributed by atoms with Gasteiger partial charge in [-0.2, -0.15) is 4.57 Å². The molecule has 1 amide bonds. The maximum absolute atomic E-state index is 13.2. The van der Waals surface area contributed by atoms with Gasteiger partial charge in [-0.15, -0.1) is 9.36 Å². The zero-order chi connectivity index (χ0) is 93.1. The maximum atomic E-state index is 13.2. The van der Waals surface area contributed by atoms with Gasteiger partial charge in [0.1, 0.15) is 57.9 Å². The number of aryl methyl sites for hydroxylation is 2. The van der Waals surface area contributed by atoms with Crippen molar-refractivity contribution < 1.29 is 176 Å². The Balaban J connectivity index is 0.000000492. The number of hydrogen-bond donors (Lipinski definition) is 2. The second-order valence-electron chi connectivity index (χ2n) is 30.3. The Morgan fingerprint density at radius 2 is 0.863 bits per heavy atom. The molecule has 0 aliphatic carbocycles. The molecule has 2 aliphatic rings. The Bertz CT molecular complexity index is 4060. The smallest absolute Gasteiger partial charge is 0.161 e. The molecule has 2 aliphatic heterocycles. The predicted molar refractivity (Wildman–Crippen MR) is 424 cm³/mol. The molecule has 0 spiro atoms. The van der Waals surface area contributed by atoms with Crippen LogP contribution in [0.15, 0.2) is 128 Å². The number of carbonyl (C=O) groups is 5. The molecule has 8 rings (SSSR count). The number of pyridine rings is 1. The van der Waals surface area contributed by atoms with Crippen LogP contribution in [-0.2, 0) is 92.2 Å². The van der Waals surface area contributed by atoms with Gasteiger partial charge in [0.15, 0.2) is 59.5 Å². The molecule has 706 valence electrons. The largest absolute Gasteiger partial charge is 0.487 e. The van der Waals surface area contributed by atoms with E-state index in [2.05, 4.69) is 110 Å². The average Bonchev–Trinajstić information content (AvgIpc) is 0.890. The summed E-state index contributed by atoms with van der Waals surface area (Å²) in [5, 5.41) is 10.4. The zero-order valence-electron chi connectivity index (χ0n) is 70.3. The Kier molecular flexibility index (Phi) is 39.4. The van der Waals surface area contributed by atoms with E-state index < -0.39 is 77.9 Å². The van der Waals surface area contributed by atoms with E-state index in [0.717, 1.165) is 65.1 Å². The molecule has 6 aromatic rings. The first-order chi connectivity index (χ1) is 57.0. The number of aromatic nitrogens is 4. The summed E-state index contributed by atoms with van der Waals surface area (Å²) in [6.07, 6.45) is 8.61. The van der Waals surface area contributed by atoms with Crippen molar-refractivity contribution in [1.82, 2.24) is 15.2 Å². The molecule has 124 heavy (non-hydrogen) atoms. The summed E-state index contributed by atoms with van der Waals surface area (Å²) in [6.45, 7) is 26.7. The number of esters is 4. The number of quaternary nitrogens is 1. The first kappa shape index (κ1) is 108. The number of rotatable bonds is 24. The van der Waals surface area contributed by atoms with E-state index in [0.29, 0.717) is 114 Å². The number of benzene rings is 4. The molecule has 0 bridgehead atoms. The van der Waals surface area contributed by atoms with Gasteiger partial charge in [-0.05, 0) is 90.3 Å². The van der Waals surface area contributed by atoms with Crippen LogP contribution < -0.4 is 38.8 Å². The molecule has 5 atom stereocenters. The second-order valence-corrected chi connectivity index (χ2v) is 36.1. The molecular weight excluding hydrogens is 1760 g/mol. The number of unbranched alkanes of at least 4 members (excludes halogenated alkanes) is 6. The third-order valence-electron chi connectivity index (χ3n) is 16.8. The van der Waals surface area contributed by atoms with Crippen molar-refractivity contribution in [3.8, 4) is 23.0 Å². The number of halogens is 18. The number of nitrogens with one attached hydrogen (secondary N) is 1. The summed E-state index contributed by atoms with van der Waals surface area (Å²) in [4.78, 5) is 61.5. The van der Waals surface area contributed by atoms with E-state index >= 15 is 0 Å². The van der Waals surface area contributed by atoms with Crippen LogP contribution in [0.4, 0.5) is 81.2 Å². The Morgan fingerprint density at radius 3 is 1.28 bits per heavy atom. The molecule has 1 fully saturated rings. The summed E-state index contributed by atoms with van der Waals surface area (Å²) in [5.74, 6) is -0.282. The van der Waals surface area contributed by atoms with Crippen LogP contribution in [0.3, 0.4) is 0 Å². The van der Waals surface area contributed by atoms with Crippen LogP contribution >= 0.6 is 23.4 Å². The average molecular weight is 1870 g/mol. The van der Waals surface area contributed by atoms with Crippen molar-refractivity contribution in [3.63, 3.8) is 0 Å². The van der Waals surface area contributed by atoms with Crippen LogP contribution in [0, 0.1) is 0 Å². The van der Waals surface area contributed by atoms with Crippen molar-refractivity contribution in [1.29, 1.82) is 0 Å². The quantitative estimate of drug-likeness (QED) is 0.0108. The molecule has 45 heteroatoms. The monoisotopic (exact) mass is 1870 g/mol. The normalized spacial score (nSPS) is 19.0. The molecule has 24 nitrogen and oxygen atoms in total. The van der Waals surface area contributed by atoms with Gasteiger partial charge in [-0.3, -0.25) is 24.0 Å². The van der Waals surface area contributed by atoms with E-state index in [1.54, 1.807) is 24.5 Å². The molecule has 0 saturated carbocycles. The van der Waals surface area contributed by atoms with Gasteiger partial charge in [0.05, 0.1) is 70.2 Å². The third-order valence-corrected chi connectivity index (χ3v) is 16.8. The topological polar surface area (TPSA) is 260 Å². The zero-order valence-corrected chi connectivity index (χ0v) is 72.9. The van der Waals surface area contributed by atoms with E-state index in [1.807, 2.05) is 54.6 Å². The summed E-state index contributed by atoms with van der Waals surface area (Å²) in [7, 11) is -32.0. The summed E-state index contributed by atoms with van der Waals surface area (Å²) in [5.41, 5.74) is 7.21. The van der Waals surface area contributed by atoms with Crippen molar-refractivity contribution in [2.24, 2.45) is 0 Å². The van der Waals surface area contributed by atoms with Gasteiger partial charge in [-0.25, -0.2) is 0 Å². The summed E-state index contributed by atoms with van der Waals surface area (Å²) in [6, 6.07) is 35.9. The van der Waals surface area contributed by atoms with Gasteiger partial charge in [0.2, 0.25) is 6.10 Å². The molecule has 1 saturated heterocycles. The minimum Gasteiger partial charge on any atom is -0.487 e. The standard InChI is InChI=1S/C55H77N6O10.C24H32O8.3F6P/c1-38(62)67-37-48-49(68-39(2)63)50(69-40(3)64)51(70-41(4)65)53(71-48)59-30-25-43(26-31-59)52(66)57-28-20-13-14-21-29-60-36-47(61(58-60)35-42-22-16-15-17-23-42)24-18-11-12-19-27-56-46-33-44(54(5,6)7)32-45(34-46)55(8,9)10;1-2-6-22-21(5-1)29-17-13-25-9-10-27-15-19-31-23-7-3-4-8-24(23)32-20-16-28-12-11-26-14-18-30-22;3*1-7(2,3,4,5)6/h15-17,22-23,25-26,30-34,36,48-51,53,56H,11-14,18-21,24,27-29,35,37H2,1-10H3;1-8H,9-20H2;;;/q+1;;3*-1/p+2/t48-,49-,50+,51+,53+;;;;/m1..../s1. The molecule has 2 aromatic heterocycles. The molecule has 0 unspecified atom stereocenters. The number of hydrogen-bond acceptors (Lipinski definition) is 19. The summed E-state index contributed by atoms with van der Waals surface area (Å²) >= 11 is 0. The van der Waals surface area contributed by atoms with Crippen LogP contribution in [-0.4, -0.2) is 163 Å². The fraction of sp³-hybridized carbons (Fsp3) is 0.544. The van der Waals surface area contributed by atoms with E-state index in [9.17, 15) is 99.5 Å². The van der Waals surface area contributed by atoms with Crippen molar-refractivity contribution in [3.05, 3.63) is 156 Å². The number of ether oxygens (including phenoxy) is 13. The maximum Gasteiger partial charge on any atom is 0.161 e. The summed E-state index contributed by atoms with van der Waals surface area (Å²) < 4.78 is 257. The Hall–Kier alpha value is -8.49. The van der Waals surface area contributed by atoms with Crippen molar-refractivity contribution >= 4 is 58.9 Å². The molecule has 3 N–H and O–H groups in total. The van der Waals surface area contributed by atoms with Crippen molar-refractivity contribution in [2.75, 3.05) is 99.0 Å². The Labute approximate surface area is 706 Å². The number of amides is 1. The van der Waals surface area contributed by atoms with Crippen LogP contribution in [0.25, 0.3) is 0 Å². The fourth-order valence-electron chi connectivity index (χ4n) is 11.5. The molecular formula is C79H111F18N6O18P3. The van der Waals surface area contributed by atoms with Crippen LogP contribution in [0.5, 0.6) is 23.0 Å². The minimum atomic E-state index is -10.7. The molecule has 4 heterocycles. The van der Waals surface area contributed by atoms with E-state index in [1.165, 1.54) is 72.7 Å². The molecule has 0 radical (unpaired) electrons. The Morgan fingerprint density at radius 1 is 0.476 bits per heavy atom. The van der Waals surface area contributed by atoms with Gasteiger partial charge >= 0.3 is 129 Å². The second kappa shape index (κ2) is 45.3. The SMILES string of the molecule is CC(=O)OC[C@H]1O[C@H]([n+]2ccc(C(=O)NCCCCCC[n+]3cc(CCCCCC[NH2+]c4cc(C(C)(C)C)cc(C(C)(C)C)c4)n(Cc4ccccc4)n3)cc2)[C@@H](OC(C)=O)[C@@H](OC(C)=O)[C@@H]1OC(C)=O.F[P-](F)(F)(F)(F)F.F[P-](F)(F)(F)(F)F.F[P-](F)(F)(F)(F)F.c1ccc2c(c1)OCCOCCOCCOc1ccccc1OCCOCCOCCO2. The van der Waals surface area contributed by atoms with Crippen molar-refractivity contribution in [2.45, 2.75) is 182 Å². The van der Waals surface area contributed by atoms with Gasteiger partial charge in [-0.1, -0.05) is 115 Å². The number of nitrogens with zero attached hydrogens (tertiary/aromatic N) is 4. The van der Waals surface area contributed by atoms with E-state index in [4.69, 9.17) is 66.8 Å². The molecule has 4 aromatic carbocycles. The van der Waals surface area contributed by atoms with Gasteiger partial charge < -0.3 is 72.2 Å². The van der Waals surface area contributed by atoms with Gasteiger partial charge in [0, 0.05) is 64.9 Å². The number of para-hydroxylation sites is 4. The number of carbonyl (C=O) groups excluding carboxylic acids is 5. The predicted octanol–water partition coefficient (Wildman–Crippen LogP) is 19.5. The third kappa shape index (κ3) is 54.4. The first-order valence-corrected chi connectivity index (χ1v) is 45.3. The fourth-order valence-corrected chi connectivity index (χ4v) is 11.5. The van der Waals surface area contributed by atoms with Crippen LogP contribution in [0.2, 0.25) is 0 Å². The number of fused-ring (bicyclic) bond motifs is 2. The van der Waals surface area contributed by atoms with Gasteiger partial charge in [0.25, 0.3) is 5.91 Å². The number of nitrogens with two attached hydrogens (primary N) is 1.